The molecule has 1 aliphatic heterocycles. The topological polar surface area (TPSA) is 226 Å². The van der Waals surface area contributed by atoms with Gasteiger partial charge in [0.05, 0.1) is 29.4 Å². The molecule has 14 nitrogen and oxygen atoms in total. The molecule has 1 unspecified atom stereocenters. The Morgan fingerprint density at radius 3 is 2.18 bits per heavy atom. The van der Waals surface area contributed by atoms with Crippen LogP contribution >= 0.6 is 0 Å². The Kier molecular flexibility index (Phi) is 17.2. The Labute approximate surface area is 368 Å². The number of nitrogens with two attached hydrogens (primary N) is 2. The highest BCUT2D eigenvalue weighted by atomic mass is 16.7. The van der Waals surface area contributed by atoms with Crippen LogP contribution in [0.4, 0.5) is 0 Å². The van der Waals surface area contributed by atoms with Gasteiger partial charge in [0.15, 0.2) is 23.2 Å². The normalized spacial score (nSPS) is 24.1. The number of aliphatic hydroxyl groups is 1. The van der Waals surface area contributed by atoms with E-state index in [2.05, 4.69) is 48.3 Å². The number of aliphatic hydroxyl groups excluding tert-OH is 1. The third kappa shape index (κ3) is 11.6. The van der Waals surface area contributed by atoms with Crippen molar-refractivity contribution < 1.29 is 38.4 Å². The van der Waals surface area contributed by atoms with Crippen LogP contribution in [0.1, 0.15) is 135 Å². The minimum Gasteiger partial charge on any atom is -0.405 e. The molecule has 1 saturated heterocycles. The molecule has 3 saturated carbocycles. The zero-order valence-electron chi connectivity index (χ0n) is 38.0. The van der Waals surface area contributed by atoms with Gasteiger partial charge in [-0.25, -0.2) is 9.97 Å². The molecule has 4 fully saturated rings. The Morgan fingerprint density at radius 1 is 0.871 bits per heavy atom. The first-order valence-corrected chi connectivity index (χ1v) is 22.9. The number of Topliss-reactive ketones (excluding diaryl/α,β-unsaturated/α-hetero) is 3. The van der Waals surface area contributed by atoms with E-state index in [1.165, 1.54) is 24.9 Å². The van der Waals surface area contributed by atoms with Crippen molar-refractivity contribution in [3.05, 3.63) is 47.8 Å². The van der Waals surface area contributed by atoms with Crippen molar-refractivity contribution in [1.82, 2.24) is 20.6 Å². The van der Waals surface area contributed by atoms with Crippen LogP contribution in [0.5, 0.6) is 0 Å². The van der Waals surface area contributed by atoms with Crippen LogP contribution in [0.15, 0.2) is 36.7 Å². The van der Waals surface area contributed by atoms with E-state index in [0.717, 1.165) is 37.7 Å². The fraction of sp³-hybridized carbons (Fsp3) is 0.681. The van der Waals surface area contributed by atoms with Crippen molar-refractivity contribution in [2.45, 2.75) is 161 Å². The summed E-state index contributed by atoms with van der Waals surface area (Å²) in [5.41, 5.74) is 13.7. The van der Waals surface area contributed by atoms with Gasteiger partial charge >= 0.3 is 7.12 Å². The van der Waals surface area contributed by atoms with Crippen LogP contribution in [-0.4, -0.2) is 94.3 Å². The number of nitrogens with one attached hydrogen (secondary N) is 2. The lowest BCUT2D eigenvalue weighted by molar-refractivity contribution is -0.199. The van der Waals surface area contributed by atoms with Crippen LogP contribution in [0.3, 0.4) is 0 Å². The maximum atomic E-state index is 13.8. The molecule has 1 aromatic heterocycles. The number of aryl methyl sites for hydroxylation is 1. The second-order valence-corrected chi connectivity index (χ2v) is 19.1. The molecule has 0 spiro atoms. The smallest absolute Gasteiger partial charge is 0.405 e. The summed E-state index contributed by atoms with van der Waals surface area (Å²) in [7, 11) is -0.527. The number of ketones is 3. The zero-order valence-corrected chi connectivity index (χ0v) is 38.0. The van der Waals surface area contributed by atoms with Crippen molar-refractivity contribution in [1.29, 1.82) is 0 Å². The SMILES string of the molecule is CCCCc1ccc(-c2ncc(C(=O)C[C@@H](CCN)C(=O)NC(C(=O)C[C@@H](C)C(=O)N[C@@H](CCCCN)C(=O)C[C@@H](C)B3O[C@@H]4C[C@@H]5C[C@@H](C5(C)C)[C@]4(C)O3)[C@@H](C)O)cn2)cc1. The van der Waals surface area contributed by atoms with Gasteiger partial charge in [0.1, 0.15) is 6.04 Å². The number of carbonyl (C=O) groups is 5. The molecular weight excluding hydrogens is 787 g/mol. The average molecular weight is 859 g/mol. The van der Waals surface area contributed by atoms with Gasteiger partial charge in [0.2, 0.25) is 11.8 Å². The summed E-state index contributed by atoms with van der Waals surface area (Å²) in [4.78, 5) is 76.7. The van der Waals surface area contributed by atoms with E-state index in [4.69, 9.17) is 20.8 Å². The van der Waals surface area contributed by atoms with E-state index in [1.807, 2.05) is 31.2 Å². The summed E-state index contributed by atoms with van der Waals surface area (Å²) in [5.74, 6) is -2.76. The highest BCUT2D eigenvalue weighted by Crippen LogP contribution is 2.66. The minimum atomic E-state index is -1.35. The highest BCUT2D eigenvalue weighted by molar-refractivity contribution is 6.47. The third-order valence-electron chi connectivity index (χ3n) is 14.0. The molecule has 2 aromatic rings. The zero-order chi connectivity index (χ0) is 45.4. The predicted octanol–water partition coefficient (Wildman–Crippen LogP) is 5.18. The molecule has 0 radical (unpaired) electrons. The number of hydrogen-bond acceptors (Lipinski definition) is 12. The maximum absolute atomic E-state index is 13.8. The third-order valence-corrected chi connectivity index (χ3v) is 14.0. The molecule has 62 heavy (non-hydrogen) atoms. The molecular formula is C47H71BN6O8. The number of unbranched alkanes of at least 4 members (excludes halogenated alkanes) is 2. The van der Waals surface area contributed by atoms with Crippen molar-refractivity contribution in [3.63, 3.8) is 0 Å². The first kappa shape index (κ1) is 49.1. The fourth-order valence-corrected chi connectivity index (χ4v) is 9.77. The van der Waals surface area contributed by atoms with Crippen molar-refractivity contribution >= 4 is 36.3 Å². The lowest BCUT2D eigenvalue weighted by Crippen LogP contribution is -2.65. The van der Waals surface area contributed by atoms with Crippen LogP contribution in [0.2, 0.25) is 5.82 Å². The molecule has 6 rings (SSSR count). The summed E-state index contributed by atoms with van der Waals surface area (Å²) < 4.78 is 13.1. The predicted molar refractivity (Wildman–Crippen MR) is 239 cm³/mol. The summed E-state index contributed by atoms with van der Waals surface area (Å²) in [5, 5.41) is 16.2. The monoisotopic (exact) mass is 859 g/mol. The molecule has 15 heteroatoms. The number of aromatic nitrogens is 2. The summed E-state index contributed by atoms with van der Waals surface area (Å²) in [6.45, 7) is 14.3. The maximum Gasteiger partial charge on any atom is 0.461 e. The van der Waals surface area contributed by atoms with E-state index < -0.39 is 60.3 Å². The number of benzene rings is 1. The second kappa shape index (κ2) is 21.7. The lowest BCUT2D eigenvalue weighted by atomic mass is 9.43. The number of rotatable bonds is 25. The summed E-state index contributed by atoms with van der Waals surface area (Å²) in [6, 6.07) is 5.85. The Bertz CT molecular complexity index is 1860. The van der Waals surface area contributed by atoms with E-state index in [1.54, 1.807) is 6.92 Å². The standard InChI is InChI=1S/C47H71BN6O8/c1-8-9-12-31-14-16-32(17-15-31)43-51-26-34(27-52-43)37(56)23-33(18-20-50)45(60)54-42(30(4)55)39(58)21-28(2)44(59)53-36(13-10-11-19-49)38(57)22-29(3)48-61-41-25-35-24-40(46(35,5)6)47(41,7)62-48/h14-17,26-30,33,35-36,40-42,55H,8-13,18-25,49-50H2,1-7H3,(H,53,59)(H,54,60)/t28-,29-,30-,33-,35+,36+,40+,41-,42?,47+/m1/s1. The lowest BCUT2D eigenvalue weighted by Gasteiger charge is -2.64. The van der Waals surface area contributed by atoms with Crippen LogP contribution in [0, 0.1) is 29.1 Å². The molecule has 340 valence electrons. The van der Waals surface area contributed by atoms with Gasteiger partial charge in [0.25, 0.3) is 0 Å². The highest BCUT2D eigenvalue weighted by Gasteiger charge is 2.68. The van der Waals surface area contributed by atoms with Crippen LogP contribution < -0.4 is 22.1 Å². The van der Waals surface area contributed by atoms with E-state index in [-0.39, 0.29) is 66.7 Å². The first-order chi connectivity index (χ1) is 29.4. The van der Waals surface area contributed by atoms with Gasteiger partial charge in [-0.15, -0.1) is 0 Å². The number of hydrogen-bond donors (Lipinski definition) is 5. The molecule has 4 aliphatic rings. The van der Waals surface area contributed by atoms with Gasteiger partial charge in [-0.2, -0.15) is 0 Å². The van der Waals surface area contributed by atoms with E-state index in [0.29, 0.717) is 43.5 Å². The van der Waals surface area contributed by atoms with Gasteiger partial charge in [0, 0.05) is 49.1 Å². The molecule has 3 aliphatic carbocycles. The van der Waals surface area contributed by atoms with E-state index >= 15 is 0 Å². The Hall–Kier alpha value is -3.89. The number of amides is 2. The fourth-order valence-electron chi connectivity index (χ4n) is 9.77. The van der Waals surface area contributed by atoms with Gasteiger partial charge in [-0.1, -0.05) is 65.3 Å². The molecule has 10 atom stereocenters. The van der Waals surface area contributed by atoms with Gasteiger partial charge < -0.3 is 36.5 Å². The minimum absolute atomic E-state index is 0.00724. The second-order valence-electron chi connectivity index (χ2n) is 19.1. The van der Waals surface area contributed by atoms with Gasteiger partial charge in [-0.3, -0.25) is 24.0 Å². The molecule has 2 bridgehead atoms. The molecule has 2 amide bonds. The van der Waals surface area contributed by atoms with Gasteiger partial charge in [-0.05, 0) is 107 Å². The molecule has 2 heterocycles. The average Bonchev–Trinajstić information content (AvgIpc) is 3.61. The largest absolute Gasteiger partial charge is 0.461 e. The Balaban J connectivity index is 1.15. The molecule has 7 N–H and O–H groups in total. The molecule has 1 aromatic carbocycles. The Morgan fingerprint density at radius 2 is 1.56 bits per heavy atom. The summed E-state index contributed by atoms with van der Waals surface area (Å²) >= 11 is 0. The quantitative estimate of drug-likeness (QED) is 0.0495. The van der Waals surface area contributed by atoms with Crippen molar-refractivity contribution in [2.75, 3.05) is 13.1 Å². The summed E-state index contributed by atoms with van der Waals surface area (Å²) in [6.07, 6.45) is 8.31. The first-order valence-electron chi connectivity index (χ1n) is 22.9. The number of nitrogens with zero attached hydrogens (tertiary/aromatic N) is 2. The van der Waals surface area contributed by atoms with E-state index in [9.17, 15) is 29.1 Å². The van der Waals surface area contributed by atoms with Crippen LogP contribution in [0.25, 0.3) is 11.4 Å². The van der Waals surface area contributed by atoms with Crippen LogP contribution in [-0.2, 0) is 34.9 Å². The number of carbonyl (C=O) groups excluding carboxylic acids is 5. The van der Waals surface area contributed by atoms with Crippen molar-refractivity contribution in [3.8, 4) is 11.4 Å². The van der Waals surface area contributed by atoms with Crippen molar-refractivity contribution in [2.24, 2.45) is 40.6 Å².